The minimum absolute atomic E-state index is 0.0269. The minimum Gasteiger partial charge on any atom is -0.457 e. The number of benzene rings is 9. The summed E-state index contributed by atoms with van der Waals surface area (Å²) >= 11 is 0. The van der Waals surface area contributed by atoms with Crippen molar-refractivity contribution in [3.05, 3.63) is 240 Å². The van der Waals surface area contributed by atoms with E-state index < -0.39 is 6.85 Å². The first-order valence-corrected chi connectivity index (χ1v) is 30.5. The maximum absolute atomic E-state index is 9.03. The van der Waals surface area contributed by atoms with Gasteiger partial charge in [0.25, 0.3) is 11.4 Å². The molecule has 1 aliphatic heterocycles. The van der Waals surface area contributed by atoms with Crippen LogP contribution in [0.3, 0.4) is 0 Å². The van der Waals surface area contributed by atoms with Crippen LogP contribution in [0.5, 0.6) is 11.5 Å². The molecule has 0 spiro atoms. The monoisotopic (exact) mass is 1130 g/mol. The number of aryl methyl sites for hydroxylation is 1. The summed E-state index contributed by atoms with van der Waals surface area (Å²) in [6.07, 6.45) is 3.93. The van der Waals surface area contributed by atoms with Crippen LogP contribution in [0.4, 0.5) is 22.7 Å². The van der Waals surface area contributed by atoms with E-state index in [1.165, 1.54) is 33.4 Å². The Morgan fingerprint density at radius 2 is 1.05 bits per heavy atom. The zero-order chi connectivity index (χ0) is 62.7. The van der Waals surface area contributed by atoms with Gasteiger partial charge in [0.15, 0.2) is 0 Å². The Labute approximate surface area is 513 Å². The van der Waals surface area contributed by atoms with Gasteiger partial charge in [-0.25, -0.2) is 4.98 Å². The SMILES string of the molecule is [2H]C([2H])([2H])c1cc(-n2c3cc(Oc4cccc([N+]5=C=[N+](c6c(-c7ccccc7)cc(C(C)(C)C)cc6-c6cc(-c7ccccc7)cc(C(C)(C)C)c6)c6ccccc65)c4)ccc3c3ccc(C(C)(C)C)cc32)ncc1-c1ccc2c(c1)C(C)(C)CCC2(C)C. The van der Waals surface area contributed by atoms with Crippen molar-refractivity contribution >= 4 is 50.6 Å². The Morgan fingerprint density at radius 1 is 0.465 bits per heavy atom. The van der Waals surface area contributed by atoms with Crippen molar-refractivity contribution in [3.63, 3.8) is 0 Å². The number of nitrogens with zero attached hydrogens (tertiary/aromatic N) is 4. The molecule has 86 heavy (non-hydrogen) atoms. The average molecular weight is 1130 g/mol. The molecule has 9 aromatic carbocycles. The molecule has 13 rings (SSSR count). The van der Waals surface area contributed by atoms with E-state index in [0.717, 1.165) is 90.8 Å². The van der Waals surface area contributed by atoms with Gasteiger partial charge in [-0.05, 0) is 166 Å². The number of aromatic nitrogens is 2. The lowest BCUT2D eigenvalue weighted by atomic mass is 9.63. The maximum Gasteiger partial charge on any atom is 0.503 e. The summed E-state index contributed by atoms with van der Waals surface area (Å²) in [5.74, 6) is 1.80. The molecule has 0 N–H and O–H groups in total. The van der Waals surface area contributed by atoms with Gasteiger partial charge in [0.1, 0.15) is 17.3 Å². The molecule has 1 aliphatic carbocycles. The van der Waals surface area contributed by atoms with Crippen LogP contribution >= 0.6 is 0 Å². The molecule has 0 atom stereocenters. The largest absolute Gasteiger partial charge is 0.503 e. The average Bonchev–Trinajstić information content (AvgIpc) is 1.71. The highest BCUT2D eigenvalue weighted by Crippen LogP contribution is 2.50. The van der Waals surface area contributed by atoms with Crippen molar-refractivity contribution < 1.29 is 8.85 Å². The van der Waals surface area contributed by atoms with Gasteiger partial charge in [-0.1, -0.05) is 211 Å². The number of hydrogen-bond donors (Lipinski definition) is 0. The Kier molecular flexibility index (Phi) is 12.7. The first kappa shape index (κ1) is 52.6. The van der Waals surface area contributed by atoms with Crippen LogP contribution in [0.2, 0.25) is 0 Å². The normalized spacial score (nSPS) is 15.3. The fourth-order valence-electron chi connectivity index (χ4n) is 12.9. The Balaban J connectivity index is 0.960. The fourth-order valence-corrected chi connectivity index (χ4v) is 12.9. The lowest BCUT2D eigenvalue weighted by Crippen LogP contribution is -2.33. The maximum atomic E-state index is 9.03. The molecule has 428 valence electrons. The zero-order valence-corrected chi connectivity index (χ0v) is 52.2. The van der Waals surface area contributed by atoms with Crippen LogP contribution < -0.4 is 13.9 Å². The summed E-state index contributed by atoms with van der Waals surface area (Å²) < 4.78 is 40.6. The number of para-hydroxylation sites is 2. The molecule has 5 heteroatoms. The van der Waals surface area contributed by atoms with Crippen LogP contribution in [0.15, 0.2) is 206 Å². The van der Waals surface area contributed by atoms with Crippen molar-refractivity contribution in [3.8, 4) is 61.8 Å². The first-order chi connectivity index (χ1) is 42.1. The van der Waals surface area contributed by atoms with Gasteiger partial charge in [0, 0.05) is 50.9 Å². The number of rotatable bonds is 9. The summed E-state index contributed by atoms with van der Waals surface area (Å²) in [7, 11) is 0. The van der Waals surface area contributed by atoms with E-state index in [1.807, 2.05) is 18.2 Å². The van der Waals surface area contributed by atoms with Gasteiger partial charge in [-0.2, -0.15) is 0 Å². The highest BCUT2D eigenvalue weighted by Gasteiger charge is 2.41. The molecular weight excluding hydrogens is 1040 g/mol. The van der Waals surface area contributed by atoms with Crippen molar-refractivity contribution in [2.75, 3.05) is 0 Å². The van der Waals surface area contributed by atoms with E-state index in [4.69, 9.17) is 13.8 Å². The smallest absolute Gasteiger partial charge is 0.457 e. The van der Waals surface area contributed by atoms with E-state index in [2.05, 4.69) is 286 Å². The topological polar surface area (TPSA) is 33.1 Å². The van der Waals surface area contributed by atoms with Gasteiger partial charge in [0.05, 0.1) is 28.2 Å². The number of hydrogen-bond acceptors (Lipinski definition) is 2. The van der Waals surface area contributed by atoms with Crippen molar-refractivity contribution in [2.24, 2.45) is 0 Å². The molecule has 11 aromatic rings. The van der Waals surface area contributed by atoms with E-state index in [1.54, 1.807) is 12.3 Å². The summed E-state index contributed by atoms with van der Waals surface area (Å²) in [5, 5.41) is 2.04. The number of fused-ring (bicyclic) bond motifs is 5. The molecule has 0 fully saturated rings. The zero-order valence-electron chi connectivity index (χ0n) is 55.2. The molecule has 0 unspecified atom stereocenters. The number of pyridine rings is 1. The first-order valence-electron chi connectivity index (χ1n) is 32.0. The van der Waals surface area contributed by atoms with Crippen molar-refractivity contribution in [1.29, 1.82) is 0 Å². The lowest BCUT2D eigenvalue weighted by Gasteiger charge is -2.42. The molecule has 0 radical (unpaired) electrons. The van der Waals surface area contributed by atoms with Crippen LogP contribution in [-0.2, 0) is 27.1 Å². The molecular formula is C81H80N4O+2. The Bertz CT molecular complexity index is 4710. The molecule has 2 aromatic heterocycles. The van der Waals surface area contributed by atoms with Gasteiger partial charge in [-0.3, -0.25) is 4.57 Å². The summed E-state index contributed by atoms with van der Waals surface area (Å²) in [4.78, 5) is 5.20. The third kappa shape index (κ3) is 10.2. The second kappa shape index (κ2) is 20.7. The summed E-state index contributed by atoms with van der Waals surface area (Å²) in [6.45, 7) is 27.2. The van der Waals surface area contributed by atoms with E-state index in [0.29, 0.717) is 22.9 Å². The molecule has 0 saturated carbocycles. The predicted octanol–water partition coefficient (Wildman–Crippen LogP) is 22.0. The summed E-state index contributed by atoms with van der Waals surface area (Å²) in [5.41, 5.74) is 20.1. The molecule has 2 aliphatic rings. The molecule has 0 amide bonds. The Morgan fingerprint density at radius 3 is 1.72 bits per heavy atom. The third-order valence-corrected chi connectivity index (χ3v) is 18.3. The van der Waals surface area contributed by atoms with Crippen LogP contribution in [-0.4, -0.2) is 15.6 Å². The molecule has 3 heterocycles. The van der Waals surface area contributed by atoms with Gasteiger partial charge >= 0.3 is 6.01 Å². The third-order valence-electron chi connectivity index (χ3n) is 18.3. The van der Waals surface area contributed by atoms with Gasteiger partial charge in [-0.15, -0.1) is 0 Å². The van der Waals surface area contributed by atoms with Crippen molar-refractivity contribution in [1.82, 2.24) is 18.7 Å². The van der Waals surface area contributed by atoms with E-state index in [-0.39, 0.29) is 32.6 Å². The van der Waals surface area contributed by atoms with Crippen LogP contribution in [0, 0.1) is 6.85 Å². The number of ether oxygens (including phenoxy) is 1. The Hall–Kier alpha value is -8.89. The van der Waals surface area contributed by atoms with Gasteiger partial charge < -0.3 is 4.74 Å². The quantitative estimate of drug-likeness (QED) is 0.135. The highest BCUT2D eigenvalue weighted by atomic mass is 16.5. The van der Waals surface area contributed by atoms with Crippen LogP contribution in [0.25, 0.3) is 72.1 Å². The molecule has 5 nitrogen and oxygen atoms in total. The van der Waals surface area contributed by atoms with E-state index >= 15 is 0 Å². The van der Waals surface area contributed by atoms with Crippen molar-refractivity contribution in [2.45, 2.75) is 137 Å². The molecule has 0 saturated heterocycles. The standard InChI is InChI=1S/C81H80N4O/c1-52-40-75(82-50-68(52)55-32-37-69-70(44-55)81(13,14)39-38-80(69,11)12)85-73-47-58(77(2,3)4)33-35-64(73)65-36-34-63(49-74(65)85)86-62-29-23-28-61(48-62)83-51-84(72-31-22-21-30-71(72)83)76-66(54-26-19-16-20-27-54)45-60(79(8,9)10)46-67(76)57-41-56(53-24-17-15-18-25-53)42-59(43-57)78(5,6)7/h15-37,40-50H,38-39H2,1-14H3/q+2/i1D3. The predicted molar refractivity (Wildman–Crippen MR) is 364 cm³/mol. The summed E-state index contributed by atoms with van der Waals surface area (Å²) in [6, 6.07) is 75.3. The second-order valence-corrected chi connectivity index (χ2v) is 28.4. The van der Waals surface area contributed by atoms with Crippen LogP contribution in [0.1, 0.15) is 140 Å². The minimum atomic E-state index is -2.43. The van der Waals surface area contributed by atoms with Gasteiger partial charge in [0.2, 0.25) is 11.4 Å². The van der Waals surface area contributed by atoms with E-state index in [9.17, 15) is 0 Å². The molecule has 0 bridgehead atoms. The fraction of sp³-hybridized carbons (Fsp3) is 0.259. The lowest BCUT2D eigenvalue weighted by molar-refractivity contribution is 0.332. The second-order valence-electron chi connectivity index (χ2n) is 28.4. The highest BCUT2D eigenvalue weighted by molar-refractivity contribution is 6.10.